The van der Waals surface area contributed by atoms with E-state index in [1.54, 1.807) is 7.11 Å². The van der Waals surface area contributed by atoms with Crippen LogP contribution in [0.3, 0.4) is 0 Å². The van der Waals surface area contributed by atoms with Crippen molar-refractivity contribution in [1.82, 2.24) is 5.32 Å². The summed E-state index contributed by atoms with van der Waals surface area (Å²) in [6.07, 6.45) is 1.17. The summed E-state index contributed by atoms with van der Waals surface area (Å²) < 4.78 is 11.0. The minimum atomic E-state index is 0.126. The molecule has 96 valence electrons. The Morgan fingerprint density at radius 1 is 1.18 bits per heavy atom. The van der Waals surface area contributed by atoms with Crippen LogP contribution in [0, 0.1) is 0 Å². The second kappa shape index (κ2) is 8.09. The molecule has 1 atom stereocenters. The molecular formula is C14H23NO2. The fourth-order valence-corrected chi connectivity index (χ4v) is 1.63. The van der Waals surface area contributed by atoms with Crippen LogP contribution in [0.5, 0.6) is 5.75 Å². The topological polar surface area (TPSA) is 30.5 Å². The maximum atomic E-state index is 5.85. The van der Waals surface area contributed by atoms with Crippen molar-refractivity contribution >= 4 is 0 Å². The van der Waals surface area contributed by atoms with E-state index in [2.05, 4.69) is 31.3 Å². The summed E-state index contributed by atoms with van der Waals surface area (Å²) in [6, 6.07) is 8.08. The van der Waals surface area contributed by atoms with Crippen molar-refractivity contribution in [2.75, 3.05) is 26.8 Å². The van der Waals surface area contributed by atoms with E-state index >= 15 is 0 Å². The first-order chi connectivity index (χ1) is 8.31. The fourth-order valence-electron chi connectivity index (χ4n) is 1.63. The van der Waals surface area contributed by atoms with Gasteiger partial charge in [-0.1, -0.05) is 26.0 Å². The molecule has 17 heavy (non-hydrogen) atoms. The molecular weight excluding hydrogens is 214 g/mol. The summed E-state index contributed by atoms with van der Waals surface area (Å²) in [6.45, 7) is 6.83. The second-order valence-corrected chi connectivity index (χ2v) is 3.94. The molecule has 0 bridgehead atoms. The molecule has 1 aromatic carbocycles. The molecule has 3 nitrogen and oxygen atoms in total. The lowest BCUT2D eigenvalue weighted by atomic mass is 10.1. The molecule has 1 N–H and O–H groups in total. The molecule has 0 aliphatic heterocycles. The van der Waals surface area contributed by atoms with Crippen LogP contribution in [-0.2, 0) is 4.74 Å². The Bertz CT molecular complexity index is 290. The van der Waals surface area contributed by atoms with Gasteiger partial charge in [-0.3, -0.25) is 0 Å². The Balaban J connectivity index is 2.65. The van der Waals surface area contributed by atoms with E-state index in [4.69, 9.17) is 9.47 Å². The molecule has 0 heterocycles. The van der Waals surface area contributed by atoms with E-state index in [9.17, 15) is 0 Å². The van der Waals surface area contributed by atoms with Gasteiger partial charge < -0.3 is 14.8 Å². The molecule has 0 spiro atoms. The van der Waals surface area contributed by atoms with Gasteiger partial charge in [-0.25, -0.2) is 0 Å². The maximum Gasteiger partial charge on any atom is 0.118 e. The Morgan fingerprint density at radius 2 is 1.88 bits per heavy atom. The molecule has 0 saturated carbocycles. The highest BCUT2D eigenvalue weighted by Crippen LogP contribution is 2.20. The third kappa shape index (κ3) is 4.75. The van der Waals surface area contributed by atoms with Crippen molar-refractivity contribution in [2.45, 2.75) is 26.4 Å². The first-order valence-electron chi connectivity index (χ1n) is 6.28. The van der Waals surface area contributed by atoms with Crippen LogP contribution in [-0.4, -0.2) is 26.8 Å². The lowest BCUT2D eigenvalue weighted by molar-refractivity contribution is 0.0533. The van der Waals surface area contributed by atoms with Gasteiger partial charge in [0, 0.05) is 13.2 Å². The highest BCUT2D eigenvalue weighted by atomic mass is 16.5. The molecule has 1 aromatic rings. The maximum absolute atomic E-state index is 5.85. The standard InChI is InChI=1S/C14H23NO2/c1-4-10-17-14(11-15-5-2)12-6-8-13(16-3)9-7-12/h6-9,14-15H,4-5,10-11H2,1-3H3. The molecule has 0 aliphatic rings. The fraction of sp³-hybridized carbons (Fsp3) is 0.571. The van der Waals surface area contributed by atoms with Crippen molar-refractivity contribution in [2.24, 2.45) is 0 Å². The van der Waals surface area contributed by atoms with Crippen molar-refractivity contribution in [3.05, 3.63) is 29.8 Å². The van der Waals surface area contributed by atoms with E-state index in [1.807, 2.05) is 12.1 Å². The lowest BCUT2D eigenvalue weighted by Crippen LogP contribution is -2.23. The highest BCUT2D eigenvalue weighted by molar-refractivity contribution is 5.28. The van der Waals surface area contributed by atoms with Gasteiger partial charge in [-0.15, -0.1) is 0 Å². The molecule has 0 fully saturated rings. The number of methoxy groups -OCH3 is 1. The Labute approximate surface area is 104 Å². The van der Waals surface area contributed by atoms with Crippen LogP contribution in [0.4, 0.5) is 0 Å². The van der Waals surface area contributed by atoms with E-state index in [1.165, 1.54) is 5.56 Å². The van der Waals surface area contributed by atoms with Crippen LogP contribution in [0.1, 0.15) is 31.9 Å². The number of benzene rings is 1. The number of nitrogens with one attached hydrogen (secondary N) is 1. The van der Waals surface area contributed by atoms with E-state index < -0.39 is 0 Å². The van der Waals surface area contributed by atoms with Gasteiger partial charge >= 0.3 is 0 Å². The van der Waals surface area contributed by atoms with Gasteiger partial charge in [0.2, 0.25) is 0 Å². The molecule has 0 aliphatic carbocycles. The molecule has 0 saturated heterocycles. The van der Waals surface area contributed by atoms with Gasteiger partial charge in [0.25, 0.3) is 0 Å². The predicted molar refractivity (Wildman–Crippen MR) is 70.5 cm³/mol. The quantitative estimate of drug-likeness (QED) is 0.754. The summed E-state index contributed by atoms with van der Waals surface area (Å²) >= 11 is 0. The third-order valence-electron chi connectivity index (χ3n) is 2.59. The first kappa shape index (κ1) is 14.0. The summed E-state index contributed by atoms with van der Waals surface area (Å²) in [4.78, 5) is 0. The highest BCUT2D eigenvalue weighted by Gasteiger charge is 2.10. The molecule has 1 rings (SSSR count). The smallest absolute Gasteiger partial charge is 0.118 e. The summed E-state index contributed by atoms with van der Waals surface area (Å²) in [5.74, 6) is 0.881. The van der Waals surface area contributed by atoms with Crippen molar-refractivity contribution in [3.8, 4) is 5.75 Å². The largest absolute Gasteiger partial charge is 0.497 e. The van der Waals surface area contributed by atoms with Crippen LogP contribution < -0.4 is 10.1 Å². The van der Waals surface area contributed by atoms with Crippen LogP contribution in [0.15, 0.2) is 24.3 Å². The zero-order valence-corrected chi connectivity index (χ0v) is 11.0. The van der Waals surface area contributed by atoms with Gasteiger partial charge in [0.1, 0.15) is 5.75 Å². The zero-order chi connectivity index (χ0) is 12.5. The van der Waals surface area contributed by atoms with Gasteiger partial charge in [-0.2, -0.15) is 0 Å². The molecule has 3 heteroatoms. The van der Waals surface area contributed by atoms with Crippen LogP contribution in [0.25, 0.3) is 0 Å². The lowest BCUT2D eigenvalue weighted by Gasteiger charge is -2.18. The SMILES string of the molecule is CCCOC(CNCC)c1ccc(OC)cc1. The average molecular weight is 237 g/mol. The van der Waals surface area contributed by atoms with Crippen LogP contribution >= 0.6 is 0 Å². The van der Waals surface area contributed by atoms with Gasteiger partial charge in [0.15, 0.2) is 0 Å². The first-order valence-corrected chi connectivity index (χ1v) is 6.28. The number of ether oxygens (including phenoxy) is 2. The number of likely N-dealkylation sites (N-methyl/N-ethyl adjacent to an activating group) is 1. The van der Waals surface area contributed by atoms with Gasteiger partial charge in [0.05, 0.1) is 13.2 Å². The number of hydrogen-bond acceptors (Lipinski definition) is 3. The Hall–Kier alpha value is -1.06. The molecule has 0 aromatic heterocycles. The monoisotopic (exact) mass is 237 g/mol. The summed E-state index contributed by atoms with van der Waals surface area (Å²) in [5, 5.41) is 3.33. The minimum absolute atomic E-state index is 0.126. The Kier molecular flexibility index (Phi) is 6.67. The van der Waals surface area contributed by atoms with Crippen molar-refractivity contribution < 1.29 is 9.47 Å². The number of rotatable bonds is 8. The van der Waals surface area contributed by atoms with Gasteiger partial charge in [-0.05, 0) is 30.7 Å². The van der Waals surface area contributed by atoms with E-state index in [-0.39, 0.29) is 6.10 Å². The van der Waals surface area contributed by atoms with E-state index in [0.29, 0.717) is 0 Å². The second-order valence-electron chi connectivity index (χ2n) is 3.94. The third-order valence-corrected chi connectivity index (χ3v) is 2.59. The summed E-state index contributed by atoms with van der Waals surface area (Å²) in [7, 11) is 1.68. The molecule has 1 unspecified atom stereocenters. The average Bonchev–Trinajstić information content (AvgIpc) is 2.39. The number of hydrogen-bond donors (Lipinski definition) is 1. The molecule has 0 amide bonds. The zero-order valence-electron chi connectivity index (χ0n) is 11.0. The molecule has 0 radical (unpaired) electrons. The van der Waals surface area contributed by atoms with Crippen LogP contribution in [0.2, 0.25) is 0 Å². The van der Waals surface area contributed by atoms with Crippen molar-refractivity contribution in [3.63, 3.8) is 0 Å². The predicted octanol–water partition coefficient (Wildman–Crippen LogP) is 2.77. The van der Waals surface area contributed by atoms with Crippen molar-refractivity contribution in [1.29, 1.82) is 0 Å². The minimum Gasteiger partial charge on any atom is -0.497 e. The summed E-state index contributed by atoms with van der Waals surface area (Å²) in [5.41, 5.74) is 1.19. The van der Waals surface area contributed by atoms with E-state index in [0.717, 1.165) is 31.9 Å². The Morgan fingerprint density at radius 3 is 2.41 bits per heavy atom. The normalized spacial score (nSPS) is 12.4.